The quantitative estimate of drug-likeness (QED) is 0.794. The van der Waals surface area contributed by atoms with Crippen LogP contribution in [0.1, 0.15) is 47.7 Å². The van der Waals surface area contributed by atoms with Crippen molar-refractivity contribution in [2.24, 2.45) is 5.92 Å². The summed E-state index contributed by atoms with van der Waals surface area (Å²) in [5.41, 5.74) is 0.671. The highest BCUT2D eigenvalue weighted by Crippen LogP contribution is 2.27. The second-order valence-electron chi connectivity index (χ2n) is 6.90. The van der Waals surface area contributed by atoms with E-state index in [0.29, 0.717) is 12.1 Å². The Morgan fingerprint density at radius 2 is 1.92 bits per heavy atom. The summed E-state index contributed by atoms with van der Waals surface area (Å²) in [6.45, 7) is 6.90. The fraction of sp³-hybridized carbons (Fsp3) is 0.450. The molecule has 0 radical (unpaired) electrons. The van der Waals surface area contributed by atoms with E-state index < -0.39 is 0 Å². The van der Waals surface area contributed by atoms with Crippen LogP contribution in [0.4, 0.5) is 0 Å². The molecule has 1 unspecified atom stereocenters. The number of aryl methyl sites for hydroxylation is 1. The third-order valence-corrected chi connectivity index (χ3v) is 5.44. The Kier molecular flexibility index (Phi) is 5.97. The zero-order chi connectivity index (χ0) is 17.8. The van der Waals surface area contributed by atoms with Crippen LogP contribution in [-0.2, 0) is 0 Å². The molecule has 1 saturated heterocycles. The molecule has 25 heavy (non-hydrogen) atoms. The van der Waals surface area contributed by atoms with Crippen molar-refractivity contribution < 1.29 is 9.21 Å². The molecule has 2 heterocycles. The van der Waals surface area contributed by atoms with E-state index in [2.05, 4.69) is 33.1 Å². The Hall–Kier alpha value is -1.59. The molecule has 3 rings (SSSR count). The molecule has 1 fully saturated rings. The van der Waals surface area contributed by atoms with Crippen LogP contribution in [0.3, 0.4) is 0 Å². The Morgan fingerprint density at radius 3 is 2.52 bits per heavy atom. The number of furan rings is 1. The average Bonchev–Trinajstić information content (AvgIpc) is 3.03. The number of piperidine rings is 1. The minimum Gasteiger partial charge on any atom is -0.465 e. The van der Waals surface area contributed by atoms with Crippen molar-refractivity contribution in [3.05, 3.63) is 58.0 Å². The second-order valence-corrected chi connectivity index (χ2v) is 7.82. The maximum Gasteiger partial charge on any atom is 0.251 e. The van der Waals surface area contributed by atoms with Crippen LogP contribution in [0.25, 0.3) is 0 Å². The highest BCUT2D eigenvalue weighted by Gasteiger charge is 2.27. The molecule has 4 nitrogen and oxygen atoms in total. The number of hydrogen-bond donors (Lipinski definition) is 1. The van der Waals surface area contributed by atoms with E-state index in [4.69, 9.17) is 4.42 Å². The van der Waals surface area contributed by atoms with Crippen LogP contribution in [0, 0.1) is 12.8 Å². The number of halogens is 1. The third-order valence-electron chi connectivity index (χ3n) is 4.91. The third kappa shape index (κ3) is 4.73. The number of nitrogens with zero attached hydrogens (tertiary/aromatic N) is 1. The van der Waals surface area contributed by atoms with Crippen LogP contribution in [0.2, 0.25) is 0 Å². The van der Waals surface area contributed by atoms with Crippen molar-refractivity contribution in [3.8, 4) is 0 Å². The lowest BCUT2D eigenvalue weighted by Gasteiger charge is -2.35. The van der Waals surface area contributed by atoms with E-state index in [1.807, 2.05) is 43.3 Å². The van der Waals surface area contributed by atoms with E-state index in [1.54, 1.807) is 0 Å². The highest BCUT2D eigenvalue weighted by atomic mass is 79.9. The van der Waals surface area contributed by atoms with Crippen molar-refractivity contribution >= 4 is 21.8 Å². The van der Waals surface area contributed by atoms with E-state index in [9.17, 15) is 4.79 Å². The van der Waals surface area contributed by atoms with Crippen molar-refractivity contribution in [1.29, 1.82) is 0 Å². The molecular weight excluding hydrogens is 380 g/mol. The predicted molar refractivity (Wildman–Crippen MR) is 103 cm³/mol. The number of carbonyl (C=O) groups is 1. The van der Waals surface area contributed by atoms with E-state index in [-0.39, 0.29) is 11.9 Å². The summed E-state index contributed by atoms with van der Waals surface area (Å²) in [5, 5.41) is 3.08. The molecule has 1 atom stereocenters. The molecule has 0 spiro atoms. The summed E-state index contributed by atoms with van der Waals surface area (Å²) in [6, 6.07) is 11.5. The van der Waals surface area contributed by atoms with Crippen LogP contribution in [-0.4, -0.2) is 30.4 Å². The molecule has 0 saturated carbocycles. The second kappa shape index (κ2) is 8.19. The molecular formula is C20H25BrN2O2. The lowest BCUT2D eigenvalue weighted by molar-refractivity contribution is 0.0895. The van der Waals surface area contributed by atoms with Crippen LogP contribution >= 0.6 is 15.9 Å². The first-order valence-corrected chi connectivity index (χ1v) is 9.66. The first-order chi connectivity index (χ1) is 12.0. The number of rotatable bonds is 5. The van der Waals surface area contributed by atoms with Gasteiger partial charge in [0, 0.05) is 16.6 Å². The molecule has 134 valence electrons. The fourth-order valence-corrected chi connectivity index (χ4v) is 3.54. The summed E-state index contributed by atoms with van der Waals surface area (Å²) in [5.74, 6) is 2.56. The van der Waals surface area contributed by atoms with Crippen molar-refractivity contribution in [2.45, 2.75) is 32.7 Å². The van der Waals surface area contributed by atoms with E-state index in [1.165, 1.54) is 12.8 Å². The summed E-state index contributed by atoms with van der Waals surface area (Å²) < 4.78 is 6.85. The van der Waals surface area contributed by atoms with Crippen molar-refractivity contribution in [2.75, 3.05) is 19.6 Å². The standard InChI is InChI=1S/C20H25BrN2O2/c1-14-9-11-23(12-10-14)18(19-8-3-15(2)25-19)13-22-20(24)16-4-6-17(21)7-5-16/h3-8,14,18H,9-13H2,1-2H3,(H,22,24). The van der Waals surface area contributed by atoms with Crippen LogP contribution in [0.15, 0.2) is 45.3 Å². The first-order valence-electron chi connectivity index (χ1n) is 8.87. The first kappa shape index (κ1) is 18.2. The molecule has 1 aromatic carbocycles. The molecule has 1 amide bonds. The van der Waals surface area contributed by atoms with E-state index >= 15 is 0 Å². The predicted octanol–water partition coefficient (Wildman–Crippen LogP) is 4.55. The van der Waals surface area contributed by atoms with Gasteiger partial charge in [-0.1, -0.05) is 22.9 Å². The number of carbonyl (C=O) groups excluding carboxylic acids is 1. The van der Waals surface area contributed by atoms with Gasteiger partial charge in [-0.15, -0.1) is 0 Å². The smallest absolute Gasteiger partial charge is 0.251 e. The summed E-state index contributed by atoms with van der Waals surface area (Å²) in [4.78, 5) is 14.9. The summed E-state index contributed by atoms with van der Waals surface area (Å²) in [7, 11) is 0. The fourth-order valence-electron chi connectivity index (χ4n) is 3.28. The zero-order valence-corrected chi connectivity index (χ0v) is 16.4. The zero-order valence-electron chi connectivity index (χ0n) is 14.8. The minimum atomic E-state index is -0.0499. The Labute approximate surface area is 157 Å². The number of nitrogens with one attached hydrogen (secondary N) is 1. The van der Waals surface area contributed by atoms with Gasteiger partial charge in [-0.3, -0.25) is 9.69 Å². The van der Waals surface area contributed by atoms with Crippen LogP contribution < -0.4 is 5.32 Å². The highest BCUT2D eigenvalue weighted by molar-refractivity contribution is 9.10. The molecule has 5 heteroatoms. The number of likely N-dealkylation sites (tertiary alicyclic amines) is 1. The number of amides is 1. The summed E-state index contributed by atoms with van der Waals surface area (Å²) in [6.07, 6.45) is 2.38. The number of benzene rings is 1. The molecule has 1 aliphatic heterocycles. The lowest BCUT2D eigenvalue weighted by Crippen LogP contribution is -2.41. The van der Waals surface area contributed by atoms with Gasteiger partial charge in [0.15, 0.2) is 0 Å². The summed E-state index contributed by atoms with van der Waals surface area (Å²) >= 11 is 3.40. The maximum atomic E-state index is 12.5. The van der Waals surface area contributed by atoms with Crippen LogP contribution in [0.5, 0.6) is 0 Å². The van der Waals surface area contributed by atoms with Crippen molar-refractivity contribution in [1.82, 2.24) is 10.2 Å². The Balaban J connectivity index is 1.69. The van der Waals surface area contributed by atoms with Gasteiger partial charge in [-0.05, 0) is 75.2 Å². The topological polar surface area (TPSA) is 45.5 Å². The van der Waals surface area contributed by atoms with Crippen molar-refractivity contribution in [3.63, 3.8) is 0 Å². The normalized spacial score (nSPS) is 17.4. The SMILES string of the molecule is Cc1ccc(C(CNC(=O)c2ccc(Br)cc2)N2CCC(C)CC2)o1. The molecule has 0 aliphatic carbocycles. The molecule has 1 aromatic heterocycles. The molecule has 0 bridgehead atoms. The number of hydrogen-bond acceptors (Lipinski definition) is 3. The molecule has 2 aromatic rings. The minimum absolute atomic E-state index is 0.0499. The molecule has 1 N–H and O–H groups in total. The van der Waals surface area contributed by atoms with Gasteiger partial charge >= 0.3 is 0 Å². The maximum absolute atomic E-state index is 12.5. The van der Waals surface area contributed by atoms with Gasteiger partial charge in [-0.2, -0.15) is 0 Å². The Bertz CT molecular complexity index is 703. The van der Waals surface area contributed by atoms with Gasteiger partial charge in [0.1, 0.15) is 11.5 Å². The van der Waals surface area contributed by atoms with Gasteiger partial charge < -0.3 is 9.73 Å². The lowest BCUT2D eigenvalue weighted by atomic mass is 9.97. The van der Waals surface area contributed by atoms with E-state index in [0.717, 1.165) is 35.0 Å². The van der Waals surface area contributed by atoms with Gasteiger partial charge in [0.05, 0.1) is 6.04 Å². The largest absolute Gasteiger partial charge is 0.465 e. The van der Waals surface area contributed by atoms with Gasteiger partial charge in [0.25, 0.3) is 5.91 Å². The average molecular weight is 405 g/mol. The monoisotopic (exact) mass is 404 g/mol. The molecule has 1 aliphatic rings. The van der Waals surface area contributed by atoms with Gasteiger partial charge in [0.2, 0.25) is 0 Å². The Morgan fingerprint density at radius 1 is 1.24 bits per heavy atom. The van der Waals surface area contributed by atoms with Gasteiger partial charge in [-0.25, -0.2) is 0 Å².